The lowest BCUT2D eigenvalue weighted by atomic mass is 10.1. The molecule has 1 heterocycles. The zero-order valence-corrected chi connectivity index (χ0v) is 9.57. The van der Waals surface area contributed by atoms with Gasteiger partial charge in [0.25, 0.3) is 0 Å². The molecule has 1 aliphatic rings. The van der Waals surface area contributed by atoms with Crippen molar-refractivity contribution in [2.24, 2.45) is 4.99 Å². The fourth-order valence-electron chi connectivity index (χ4n) is 1.16. The van der Waals surface area contributed by atoms with E-state index in [-0.39, 0.29) is 11.6 Å². The highest BCUT2D eigenvalue weighted by Crippen LogP contribution is 2.22. The van der Waals surface area contributed by atoms with Crippen LogP contribution in [0.5, 0.6) is 0 Å². The summed E-state index contributed by atoms with van der Waals surface area (Å²) in [7, 11) is 1.70. The van der Waals surface area contributed by atoms with Gasteiger partial charge >= 0.3 is 0 Å². The third-order valence-electron chi connectivity index (χ3n) is 1.76. The minimum Gasteiger partial charge on any atom is -0.382 e. The maximum absolute atomic E-state index is 5.02. The van der Waals surface area contributed by atoms with Gasteiger partial charge in [0.15, 0.2) is 5.17 Å². The summed E-state index contributed by atoms with van der Waals surface area (Å²) < 4.78 is 5.02. The second-order valence-electron chi connectivity index (χ2n) is 4.04. The van der Waals surface area contributed by atoms with Crippen LogP contribution >= 0.6 is 11.8 Å². The van der Waals surface area contributed by atoms with Crippen LogP contribution in [0.25, 0.3) is 0 Å². The smallest absolute Gasteiger partial charge is 0.157 e. The lowest BCUT2D eigenvalue weighted by molar-refractivity contribution is 0.186. The van der Waals surface area contributed by atoms with E-state index in [1.807, 2.05) is 0 Å². The van der Waals surface area contributed by atoms with Crippen molar-refractivity contribution in [3.63, 3.8) is 0 Å². The van der Waals surface area contributed by atoms with Crippen molar-refractivity contribution in [3.8, 4) is 0 Å². The van der Waals surface area contributed by atoms with Gasteiger partial charge in [-0.05, 0) is 20.8 Å². The van der Waals surface area contributed by atoms with E-state index in [0.717, 1.165) is 10.9 Å². The molecule has 1 atom stereocenters. The SMILES string of the molecule is COCC(C)N=C1NC(C)(C)CS1. The molecule has 0 spiro atoms. The number of methoxy groups -OCH3 is 1. The van der Waals surface area contributed by atoms with Crippen molar-refractivity contribution in [2.45, 2.75) is 32.4 Å². The number of hydrogen-bond donors (Lipinski definition) is 1. The first kappa shape index (κ1) is 10.9. The summed E-state index contributed by atoms with van der Waals surface area (Å²) in [5.41, 5.74) is 0.191. The van der Waals surface area contributed by atoms with Crippen molar-refractivity contribution in [3.05, 3.63) is 0 Å². The molecule has 0 aromatic rings. The van der Waals surface area contributed by atoms with Gasteiger partial charge in [0.1, 0.15) is 0 Å². The third kappa shape index (κ3) is 3.56. The summed E-state index contributed by atoms with van der Waals surface area (Å²) >= 11 is 1.79. The molecule has 0 aromatic heterocycles. The second kappa shape index (κ2) is 4.33. The molecule has 0 aliphatic carbocycles. The Balaban J connectivity index is 2.45. The van der Waals surface area contributed by atoms with Crippen LogP contribution in [0.2, 0.25) is 0 Å². The molecule has 1 aliphatic heterocycles. The summed E-state index contributed by atoms with van der Waals surface area (Å²) in [5.74, 6) is 1.09. The van der Waals surface area contributed by atoms with E-state index in [0.29, 0.717) is 6.61 Å². The van der Waals surface area contributed by atoms with Gasteiger partial charge in [-0.2, -0.15) is 0 Å². The second-order valence-corrected chi connectivity index (χ2v) is 5.00. The molecule has 0 radical (unpaired) electrons. The molecule has 1 fully saturated rings. The summed E-state index contributed by atoms with van der Waals surface area (Å²) in [6.45, 7) is 7.11. The molecule has 0 saturated carbocycles. The fourth-order valence-corrected chi connectivity index (χ4v) is 2.33. The van der Waals surface area contributed by atoms with E-state index in [9.17, 15) is 0 Å². The van der Waals surface area contributed by atoms with Crippen LogP contribution in [0.1, 0.15) is 20.8 Å². The van der Waals surface area contributed by atoms with Crippen LogP contribution < -0.4 is 5.32 Å². The van der Waals surface area contributed by atoms with Gasteiger partial charge in [-0.3, -0.25) is 4.99 Å². The van der Waals surface area contributed by atoms with Gasteiger partial charge in [-0.25, -0.2) is 0 Å². The molecule has 76 valence electrons. The molecule has 1 saturated heterocycles. The van der Waals surface area contributed by atoms with Gasteiger partial charge in [-0.1, -0.05) is 11.8 Å². The van der Waals surface area contributed by atoms with Crippen molar-refractivity contribution >= 4 is 16.9 Å². The molecule has 13 heavy (non-hydrogen) atoms. The number of nitrogens with zero attached hydrogens (tertiary/aromatic N) is 1. The highest BCUT2D eigenvalue weighted by atomic mass is 32.2. The Morgan fingerprint density at radius 1 is 1.69 bits per heavy atom. The van der Waals surface area contributed by atoms with Gasteiger partial charge < -0.3 is 10.1 Å². The highest BCUT2D eigenvalue weighted by Gasteiger charge is 2.27. The Kier molecular flexibility index (Phi) is 3.62. The van der Waals surface area contributed by atoms with Gasteiger partial charge in [-0.15, -0.1) is 0 Å². The number of hydrogen-bond acceptors (Lipinski definition) is 3. The van der Waals surface area contributed by atoms with E-state index in [1.54, 1.807) is 18.9 Å². The maximum Gasteiger partial charge on any atom is 0.157 e. The maximum atomic E-state index is 5.02. The number of nitrogens with one attached hydrogen (secondary N) is 1. The van der Waals surface area contributed by atoms with Crippen LogP contribution in [0.4, 0.5) is 0 Å². The number of aliphatic imine (C=N–C) groups is 1. The minimum absolute atomic E-state index is 0.191. The Morgan fingerprint density at radius 3 is 2.85 bits per heavy atom. The number of amidine groups is 1. The third-order valence-corrected chi connectivity index (χ3v) is 3.11. The van der Waals surface area contributed by atoms with E-state index in [4.69, 9.17) is 4.74 Å². The molecular formula is C9H18N2OS. The molecule has 0 amide bonds. The first-order valence-corrected chi connectivity index (χ1v) is 5.50. The van der Waals surface area contributed by atoms with Crippen LogP contribution in [0.3, 0.4) is 0 Å². The molecular weight excluding hydrogens is 184 g/mol. The molecule has 0 bridgehead atoms. The van der Waals surface area contributed by atoms with Gasteiger partial charge in [0.05, 0.1) is 12.6 Å². The summed E-state index contributed by atoms with van der Waals surface area (Å²) in [6, 6.07) is 0.244. The van der Waals surface area contributed by atoms with Gasteiger partial charge in [0.2, 0.25) is 0 Å². The summed E-state index contributed by atoms with van der Waals surface area (Å²) in [4.78, 5) is 4.50. The summed E-state index contributed by atoms with van der Waals surface area (Å²) in [5, 5.41) is 4.43. The molecule has 1 unspecified atom stereocenters. The van der Waals surface area contributed by atoms with E-state index in [2.05, 4.69) is 31.1 Å². The average Bonchev–Trinajstić information content (AvgIpc) is 2.30. The minimum atomic E-state index is 0.191. The van der Waals surface area contributed by atoms with Gasteiger partial charge in [0, 0.05) is 18.4 Å². The molecule has 1 rings (SSSR count). The zero-order valence-electron chi connectivity index (χ0n) is 8.76. The summed E-state index contributed by atoms with van der Waals surface area (Å²) in [6.07, 6.45) is 0. The molecule has 0 aromatic carbocycles. The Labute approximate surface area is 84.3 Å². The predicted molar refractivity (Wildman–Crippen MR) is 58.4 cm³/mol. The highest BCUT2D eigenvalue weighted by molar-refractivity contribution is 8.14. The topological polar surface area (TPSA) is 33.6 Å². The number of rotatable bonds is 3. The Hall–Kier alpha value is -0.220. The first-order valence-electron chi connectivity index (χ1n) is 4.51. The largest absolute Gasteiger partial charge is 0.382 e. The first-order chi connectivity index (χ1) is 6.03. The van der Waals surface area contributed by atoms with E-state index < -0.39 is 0 Å². The lowest BCUT2D eigenvalue weighted by Gasteiger charge is -2.16. The zero-order chi connectivity index (χ0) is 9.90. The average molecular weight is 202 g/mol. The van der Waals surface area contributed by atoms with Crippen LogP contribution in [-0.4, -0.2) is 36.2 Å². The van der Waals surface area contributed by atoms with Crippen LogP contribution in [0.15, 0.2) is 4.99 Å². The lowest BCUT2D eigenvalue weighted by Crippen LogP contribution is -2.37. The standard InChI is InChI=1S/C9H18N2OS/c1-7(5-12-4)10-8-11-9(2,3)6-13-8/h7H,5-6H2,1-4H3,(H,10,11). The molecule has 3 nitrogen and oxygen atoms in total. The van der Waals surface area contributed by atoms with Crippen molar-refractivity contribution in [1.29, 1.82) is 0 Å². The predicted octanol–water partition coefficient (Wildman–Crippen LogP) is 1.49. The quantitative estimate of drug-likeness (QED) is 0.753. The van der Waals surface area contributed by atoms with Crippen LogP contribution in [-0.2, 0) is 4.74 Å². The molecule has 4 heteroatoms. The van der Waals surface area contributed by atoms with Crippen molar-refractivity contribution in [2.75, 3.05) is 19.5 Å². The van der Waals surface area contributed by atoms with Crippen molar-refractivity contribution < 1.29 is 4.74 Å². The van der Waals surface area contributed by atoms with E-state index >= 15 is 0 Å². The Bertz CT molecular complexity index is 204. The molecule has 1 N–H and O–H groups in total. The number of thioether (sulfide) groups is 1. The van der Waals surface area contributed by atoms with Crippen LogP contribution in [0, 0.1) is 0 Å². The number of ether oxygens (including phenoxy) is 1. The monoisotopic (exact) mass is 202 g/mol. The normalized spacial score (nSPS) is 26.0. The van der Waals surface area contributed by atoms with E-state index in [1.165, 1.54) is 0 Å². The Morgan fingerprint density at radius 2 is 2.38 bits per heavy atom. The fraction of sp³-hybridized carbons (Fsp3) is 0.889. The van der Waals surface area contributed by atoms with Crippen molar-refractivity contribution in [1.82, 2.24) is 5.32 Å².